The fourth-order valence-corrected chi connectivity index (χ4v) is 4.96. The highest BCUT2D eigenvalue weighted by Gasteiger charge is 2.24. The maximum absolute atomic E-state index is 12.6. The lowest BCUT2D eigenvalue weighted by Gasteiger charge is -2.32. The average Bonchev–Trinajstić information content (AvgIpc) is 2.75. The summed E-state index contributed by atoms with van der Waals surface area (Å²) in [6.07, 6.45) is 4.61. The Morgan fingerprint density at radius 1 is 1.03 bits per heavy atom. The van der Waals surface area contributed by atoms with E-state index in [0.29, 0.717) is 17.4 Å². The number of hydrogen-bond acceptors (Lipinski definition) is 3. The standard InChI is InChI=1S/C24H32N2O3S/c1-3-4-20-7-11-23(12-8-20)30(28,29)25-16-13-21-14-17-26(18-15-21)24(27)22-9-5-19(2)6-10-22/h5-12,21,25H,3-4,13-18H2,1-2H3. The van der Waals surface area contributed by atoms with E-state index in [0.717, 1.165) is 61.9 Å². The van der Waals surface area contributed by atoms with Crippen LogP contribution in [0.2, 0.25) is 0 Å². The van der Waals surface area contributed by atoms with Crippen molar-refractivity contribution in [3.63, 3.8) is 0 Å². The maximum Gasteiger partial charge on any atom is 0.253 e. The number of carbonyl (C=O) groups is 1. The highest BCUT2D eigenvalue weighted by Crippen LogP contribution is 2.22. The van der Waals surface area contributed by atoms with Gasteiger partial charge in [0.15, 0.2) is 0 Å². The number of nitrogens with zero attached hydrogens (tertiary/aromatic N) is 1. The molecular weight excluding hydrogens is 396 g/mol. The monoisotopic (exact) mass is 428 g/mol. The SMILES string of the molecule is CCCc1ccc(S(=O)(=O)NCCC2CCN(C(=O)c3ccc(C)cc3)CC2)cc1. The van der Waals surface area contributed by atoms with Crippen LogP contribution in [0, 0.1) is 12.8 Å². The van der Waals surface area contributed by atoms with Crippen LogP contribution in [0.25, 0.3) is 0 Å². The summed E-state index contributed by atoms with van der Waals surface area (Å²) < 4.78 is 27.7. The molecule has 1 fully saturated rings. The van der Waals surface area contributed by atoms with E-state index in [1.54, 1.807) is 12.1 Å². The lowest BCUT2D eigenvalue weighted by Crippen LogP contribution is -2.39. The first-order valence-corrected chi connectivity index (χ1v) is 12.3. The van der Waals surface area contributed by atoms with Gasteiger partial charge in [-0.3, -0.25) is 4.79 Å². The molecule has 1 aliphatic rings. The molecule has 0 spiro atoms. The second kappa shape index (κ2) is 10.2. The van der Waals surface area contributed by atoms with Crippen LogP contribution in [0.1, 0.15) is 54.1 Å². The summed E-state index contributed by atoms with van der Waals surface area (Å²) >= 11 is 0. The Kier molecular flexibility index (Phi) is 7.67. The summed E-state index contributed by atoms with van der Waals surface area (Å²) in [4.78, 5) is 14.8. The Balaban J connectivity index is 1.44. The van der Waals surface area contributed by atoms with Crippen molar-refractivity contribution in [2.45, 2.75) is 50.8 Å². The van der Waals surface area contributed by atoms with Crippen molar-refractivity contribution in [2.75, 3.05) is 19.6 Å². The van der Waals surface area contributed by atoms with Crippen LogP contribution in [-0.2, 0) is 16.4 Å². The lowest BCUT2D eigenvalue weighted by atomic mass is 9.93. The molecule has 1 amide bonds. The summed E-state index contributed by atoms with van der Waals surface area (Å²) in [7, 11) is -3.47. The molecule has 0 aliphatic carbocycles. The van der Waals surface area contributed by atoms with Crippen LogP contribution >= 0.6 is 0 Å². The van der Waals surface area contributed by atoms with Crippen molar-refractivity contribution in [3.8, 4) is 0 Å². The Labute approximate surface area is 180 Å². The van der Waals surface area contributed by atoms with Gasteiger partial charge < -0.3 is 4.90 Å². The zero-order valence-electron chi connectivity index (χ0n) is 17.9. The zero-order valence-corrected chi connectivity index (χ0v) is 18.7. The smallest absolute Gasteiger partial charge is 0.253 e. The minimum Gasteiger partial charge on any atom is -0.339 e. The fraction of sp³-hybridized carbons (Fsp3) is 0.458. The molecule has 0 radical (unpaired) electrons. The number of piperidine rings is 1. The molecule has 0 aromatic heterocycles. The predicted octanol–water partition coefficient (Wildman–Crippen LogP) is 4.17. The number of benzene rings is 2. The summed E-state index contributed by atoms with van der Waals surface area (Å²) in [5.74, 6) is 0.516. The van der Waals surface area contributed by atoms with Gasteiger partial charge >= 0.3 is 0 Å². The van der Waals surface area contributed by atoms with E-state index in [1.807, 2.05) is 48.2 Å². The lowest BCUT2D eigenvalue weighted by molar-refractivity contribution is 0.0687. The van der Waals surface area contributed by atoms with E-state index >= 15 is 0 Å². The van der Waals surface area contributed by atoms with Crippen molar-refractivity contribution in [1.82, 2.24) is 9.62 Å². The number of aryl methyl sites for hydroxylation is 2. The third-order valence-electron chi connectivity index (χ3n) is 5.82. The Hall–Kier alpha value is -2.18. The highest BCUT2D eigenvalue weighted by atomic mass is 32.2. The molecule has 5 nitrogen and oxygen atoms in total. The number of amides is 1. The molecule has 30 heavy (non-hydrogen) atoms. The fourth-order valence-electron chi connectivity index (χ4n) is 3.91. The summed E-state index contributed by atoms with van der Waals surface area (Å²) in [5.41, 5.74) is 3.03. The molecule has 0 atom stereocenters. The predicted molar refractivity (Wildman–Crippen MR) is 120 cm³/mol. The Morgan fingerprint density at radius 2 is 1.67 bits per heavy atom. The minimum absolute atomic E-state index is 0.0840. The van der Waals surface area contributed by atoms with Gasteiger partial charge in [0.1, 0.15) is 0 Å². The molecule has 3 rings (SSSR count). The van der Waals surface area contributed by atoms with Crippen LogP contribution in [0.3, 0.4) is 0 Å². The van der Waals surface area contributed by atoms with E-state index in [9.17, 15) is 13.2 Å². The van der Waals surface area contributed by atoms with Crippen molar-refractivity contribution in [3.05, 3.63) is 65.2 Å². The maximum atomic E-state index is 12.6. The second-order valence-electron chi connectivity index (χ2n) is 8.18. The van der Waals surface area contributed by atoms with Crippen LogP contribution < -0.4 is 4.72 Å². The third-order valence-corrected chi connectivity index (χ3v) is 7.29. The molecule has 1 saturated heterocycles. The van der Waals surface area contributed by atoms with Gasteiger partial charge in [-0.05, 0) is 68.4 Å². The van der Waals surface area contributed by atoms with Crippen LogP contribution in [0.15, 0.2) is 53.4 Å². The normalized spacial score (nSPS) is 15.3. The van der Waals surface area contributed by atoms with Crippen molar-refractivity contribution >= 4 is 15.9 Å². The van der Waals surface area contributed by atoms with E-state index in [-0.39, 0.29) is 5.91 Å². The second-order valence-corrected chi connectivity index (χ2v) is 9.95. The van der Waals surface area contributed by atoms with E-state index < -0.39 is 10.0 Å². The molecule has 2 aromatic carbocycles. The molecule has 1 aliphatic heterocycles. The van der Waals surface area contributed by atoms with Crippen molar-refractivity contribution in [2.24, 2.45) is 5.92 Å². The topological polar surface area (TPSA) is 66.5 Å². The van der Waals surface area contributed by atoms with E-state index in [1.165, 1.54) is 0 Å². The van der Waals surface area contributed by atoms with Crippen LogP contribution in [0.5, 0.6) is 0 Å². The quantitative estimate of drug-likeness (QED) is 0.686. The van der Waals surface area contributed by atoms with Gasteiger partial charge in [-0.1, -0.05) is 43.2 Å². The third kappa shape index (κ3) is 5.92. The number of sulfonamides is 1. The number of hydrogen-bond donors (Lipinski definition) is 1. The zero-order chi connectivity index (χ0) is 21.6. The first-order chi connectivity index (χ1) is 14.4. The van der Waals surface area contributed by atoms with Gasteiger partial charge in [0.25, 0.3) is 5.91 Å². The molecule has 0 unspecified atom stereocenters. The molecule has 1 N–H and O–H groups in total. The van der Waals surface area contributed by atoms with Gasteiger partial charge in [0.05, 0.1) is 4.90 Å². The largest absolute Gasteiger partial charge is 0.339 e. The number of nitrogens with one attached hydrogen (secondary N) is 1. The van der Waals surface area contributed by atoms with E-state index in [4.69, 9.17) is 0 Å². The molecule has 1 heterocycles. The van der Waals surface area contributed by atoms with Crippen molar-refractivity contribution in [1.29, 1.82) is 0 Å². The summed E-state index contributed by atoms with van der Waals surface area (Å²) in [6, 6.07) is 14.8. The van der Waals surface area contributed by atoms with Gasteiger partial charge in [-0.15, -0.1) is 0 Å². The average molecular weight is 429 g/mol. The van der Waals surface area contributed by atoms with Crippen LogP contribution in [0.4, 0.5) is 0 Å². The molecule has 162 valence electrons. The molecular formula is C24H32N2O3S. The molecule has 2 aromatic rings. The summed E-state index contributed by atoms with van der Waals surface area (Å²) in [5, 5.41) is 0. The van der Waals surface area contributed by atoms with Gasteiger partial charge in [0.2, 0.25) is 10.0 Å². The molecule has 6 heteroatoms. The minimum atomic E-state index is -3.47. The van der Waals surface area contributed by atoms with Gasteiger partial charge in [-0.25, -0.2) is 13.1 Å². The number of rotatable bonds is 8. The van der Waals surface area contributed by atoms with Gasteiger partial charge in [0, 0.05) is 25.2 Å². The Morgan fingerprint density at radius 3 is 2.27 bits per heavy atom. The first-order valence-electron chi connectivity index (χ1n) is 10.8. The molecule has 0 saturated carbocycles. The number of carbonyl (C=O) groups excluding carboxylic acids is 1. The van der Waals surface area contributed by atoms with E-state index in [2.05, 4.69) is 11.6 Å². The van der Waals surface area contributed by atoms with Crippen LogP contribution in [-0.4, -0.2) is 38.9 Å². The van der Waals surface area contributed by atoms with Crippen molar-refractivity contribution < 1.29 is 13.2 Å². The number of likely N-dealkylation sites (tertiary alicyclic amines) is 1. The molecule has 0 bridgehead atoms. The first kappa shape index (κ1) is 22.5. The Bertz CT molecular complexity index is 929. The highest BCUT2D eigenvalue weighted by molar-refractivity contribution is 7.89. The van der Waals surface area contributed by atoms with Gasteiger partial charge in [-0.2, -0.15) is 0 Å². The summed E-state index contributed by atoms with van der Waals surface area (Å²) in [6.45, 7) is 5.99.